The van der Waals surface area contributed by atoms with Gasteiger partial charge in [-0.1, -0.05) is 18.2 Å². The number of hydrogen-bond acceptors (Lipinski definition) is 5. The van der Waals surface area contributed by atoms with E-state index < -0.39 is 0 Å². The van der Waals surface area contributed by atoms with Gasteiger partial charge >= 0.3 is 0 Å². The van der Waals surface area contributed by atoms with Crippen LogP contribution in [0.4, 0.5) is 17.2 Å². The van der Waals surface area contributed by atoms with Crippen molar-refractivity contribution in [1.29, 1.82) is 0 Å². The van der Waals surface area contributed by atoms with Crippen molar-refractivity contribution in [1.82, 2.24) is 20.3 Å². The number of carbonyl (C=O) groups excluding carboxylic acids is 1. The second-order valence-electron chi connectivity index (χ2n) is 8.61. The van der Waals surface area contributed by atoms with Crippen LogP contribution >= 0.6 is 0 Å². The molecule has 0 saturated carbocycles. The predicted octanol–water partition coefficient (Wildman–Crippen LogP) is 3.98. The van der Waals surface area contributed by atoms with Crippen molar-refractivity contribution < 1.29 is 4.79 Å². The normalized spacial score (nSPS) is 16.9. The summed E-state index contributed by atoms with van der Waals surface area (Å²) in [4.78, 5) is 27.5. The van der Waals surface area contributed by atoms with E-state index in [2.05, 4.69) is 42.6 Å². The smallest absolute Gasteiger partial charge is 0.255 e. The Hall–Kier alpha value is -3.71. The Balaban J connectivity index is 1.43. The Bertz CT molecular complexity index is 1290. The quantitative estimate of drug-likeness (QED) is 0.463. The van der Waals surface area contributed by atoms with Crippen molar-refractivity contribution in [2.75, 3.05) is 29.9 Å². The number of carbonyl (C=O) groups is 1. The number of aromatic amines is 1. The number of anilines is 3. The molecule has 0 unspecified atom stereocenters. The van der Waals surface area contributed by atoms with Gasteiger partial charge in [0.1, 0.15) is 17.8 Å². The zero-order valence-electron chi connectivity index (χ0n) is 17.6. The molecule has 0 aliphatic carbocycles. The zero-order valence-corrected chi connectivity index (χ0v) is 17.6. The molecule has 3 N–H and O–H groups in total. The molecule has 32 heavy (non-hydrogen) atoms. The minimum absolute atomic E-state index is 0.00278. The number of para-hydroxylation sites is 1. The highest BCUT2D eigenvalue weighted by Crippen LogP contribution is 2.49. The van der Waals surface area contributed by atoms with Crippen LogP contribution in [-0.4, -0.2) is 40.5 Å². The van der Waals surface area contributed by atoms with Gasteiger partial charge in [0.25, 0.3) is 5.91 Å². The number of nitrogens with zero attached hydrogens (tertiary/aromatic N) is 3. The molecule has 4 aromatic rings. The maximum Gasteiger partial charge on any atom is 0.255 e. The summed E-state index contributed by atoms with van der Waals surface area (Å²) in [5.41, 5.74) is 4.68. The summed E-state index contributed by atoms with van der Waals surface area (Å²) in [7, 11) is 0. The maximum atomic E-state index is 13.0. The number of H-pyrrole nitrogens is 1. The van der Waals surface area contributed by atoms with E-state index in [9.17, 15) is 4.79 Å². The van der Waals surface area contributed by atoms with E-state index in [1.807, 2.05) is 48.7 Å². The van der Waals surface area contributed by atoms with Gasteiger partial charge in [0.15, 0.2) is 0 Å². The number of aromatic nitrogens is 3. The Morgan fingerprint density at radius 1 is 1.03 bits per heavy atom. The van der Waals surface area contributed by atoms with Gasteiger partial charge < -0.3 is 20.5 Å². The Morgan fingerprint density at radius 3 is 2.72 bits per heavy atom. The Labute approximate surface area is 185 Å². The fourth-order valence-corrected chi connectivity index (χ4v) is 5.13. The molecule has 7 heteroatoms. The summed E-state index contributed by atoms with van der Waals surface area (Å²) in [6, 6.07) is 17.7. The number of amides is 1. The SMILES string of the molecule is O=C(Nc1ccccc1)c1ccc2c(c1)C1(CCNCC1)CN2c1ncnc2[nH]ccc12. The van der Waals surface area contributed by atoms with Crippen molar-refractivity contribution in [3.05, 3.63) is 78.2 Å². The minimum Gasteiger partial charge on any atom is -0.346 e. The average Bonchev–Trinajstić information content (AvgIpc) is 3.43. The third-order valence-electron chi connectivity index (χ3n) is 6.76. The van der Waals surface area contributed by atoms with Gasteiger partial charge in [-0.15, -0.1) is 0 Å². The molecule has 160 valence electrons. The van der Waals surface area contributed by atoms with Crippen molar-refractivity contribution in [3.63, 3.8) is 0 Å². The van der Waals surface area contributed by atoms with Gasteiger partial charge in [0, 0.05) is 35.1 Å². The summed E-state index contributed by atoms with van der Waals surface area (Å²) >= 11 is 0. The lowest BCUT2D eigenvalue weighted by Crippen LogP contribution is -2.42. The molecule has 7 nitrogen and oxygen atoms in total. The number of fused-ring (bicyclic) bond motifs is 3. The molecular weight excluding hydrogens is 400 g/mol. The van der Waals surface area contributed by atoms with Crippen molar-refractivity contribution in [3.8, 4) is 0 Å². The molecule has 0 radical (unpaired) electrons. The van der Waals surface area contributed by atoms with Crippen LogP contribution in [0.3, 0.4) is 0 Å². The standard InChI is InChI=1S/C25H24N6O/c32-24(30-18-4-2-1-3-5-18)17-6-7-21-20(14-17)25(9-12-26-13-10-25)15-31(21)23-19-8-11-27-22(19)28-16-29-23/h1-8,11,14,16,26H,9-10,12-13,15H2,(H,30,32)(H,27,28,29). The summed E-state index contributed by atoms with van der Waals surface area (Å²) in [5.74, 6) is 0.825. The first-order chi connectivity index (χ1) is 15.7. The molecule has 1 amide bonds. The highest BCUT2D eigenvalue weighted by molar-refractivity contribution is 6.05. The summed E-state index contributed by atoms with van der Waals surface area (Å²) in [6.45, 7) is 2.79. The lowest BCUT2D eigenvalue weighted by atomic mass is 9.74. The second-order valence-corrected chi connectivity index (χ2v) is 8.61. The highest BCUT2D eigenvalue weighted by atomic mass is 16.1. The maximum absolute atomic E-state index is 13.0. The van der Waals surface area contributed by atoms with Crippen LogP contribution in [0.1, 0.15) is 28.8 Å². The molecule has 0 atom stereocenters. The van der Waals surface area contributed by atoms with E-state index in [0.29, 0.717) is 5.56 Å². The third-order valence-corrected chi connectivity index (χ3v) is 6.76. The first kappa shape index (κ1) is 19.0. The summed E-state index contributed by atoms with van der Waals surface area (Å²) < 4.78 is 0. The topological polar surface area (TPSA) is 85.9 Å². The molecule has 1 spiro atoms. The zero-order chi connectivity index (χ0) is 21.5. The fraction of sp³-hybridized carbons (Fsp3) is 0.240. The predicted molar refractivity (Wildman–Crippen MR) is 126 cm³/mol. The van der Waals surface area contributed by atoms with Crippen LogP contribution in [0.2, 0.25) is 0 Å². The van der Waals surface area contributed by atoms with Crippen LogP contribution in [0.15, 0.2) is 67.1 Å². The first-order valence-electron chi connectivity index (χ1n) is 11.0. The van der Waals surface area contributed by atoms with Crippen LogP contribution < -0.4 is 15.5 Å². The molecule has 2 aliphatic rings. The third kappa shape index (κ3) is 3.05. The number of benzene rings is 2. The van der Waals surface area contributed by atoms with Crippen molar-refractivity contribution in [2.45, 2.75) is 18.3 Å². The molecule has 0 bridgehead atoms. The van der Waals surface area contributed by atoms with Crippen molar-refractivity contribution >= 4 is 34.1 Å². The van der Waals surface area contributed by atoms with E-state index >= 15 is 0 Å². The van der Waals surface area contributed by atoms with E-state index in [1.165, 1.54) is 5.56 Å². The molecule has 1 saturated heterocycles. The van der Waals surface area contributed by atoms with Gasteiger partial charge in [0.05, 0.1) is 5.39 Å². The minimum atomic E-state index is -0.0865. The summed E-state index contributed by atoms with van der Waals surface area (Å²) in [5, 5.41) is 7.51. The number of nitrogens with one attached hydrogen (secondary N) is 3. The second kappa shape index (κ2) is 7.46. The average molecular weight is 425 g/mol. The van der Waals surface area contributed by atoms with Crippen LogP contribution in [-0.2, 0) is 5.41 Å². The van der Waals surface area contributed by atoms with Gasteiger partial charge in [-0.3, -0.25) is 4.79 Å². The fourth-order valence-electron chi connectivity index (χ4n) is 5.13. The highest BCUT2D eigenvalue weighted by Gasteiger charge is 2.44. The largest absolute Gasteiger partial charge is 0.346 e. The van der Waals surface area contributed by atoms with Crippen LogP contribution in [0.5, 0.6) is 0 Å². The molecule has 2 aromatic heterocycles. The molecule has 1 fully saturated rings. The molecule has 2 aliphatic heterocycles. The Kier molecular flexibility index (Phi) is 4.43. The number of rotatable bonds is 3. The molecule has 4 heterocycles. The van der Waals surface area contributed by atoms with Crippen molar-refractivity contribution in [2.24, 2.45) is 0 Å². The van der Waals surface area contributed by atoms with E-state index in [0.717, 1.165) is 60.7 Å². The lowest BCUT2D eigenvalue weighted by Gasteiger charge is -2.35. The first-order valence-corrected chi connectivity index (χ1v) is 11.0. The van der Waals surface area contributed by atoms with E-state index in [1.54, 1.807) is 6.33 Å². The van der Waals surface area contributed by atoms with Crippen LogP contribution in [0, 0.1) is 0 Å². The van der Waals surface area contributed by atoms with Gasteiger partial charge in [-0.2, -0.15) is 0 Å². The molecule has 6 rings (SSSR count). The number of piperidine rings is 1. The van der Waals surface area contributed by atoms with E-state index in [-0.39, 0.29) is 11.3 Å². The molecular formula is C25H24N6O. The monoisotopic (exact) mass is 424 g/mol. The van der Waals surface area contributed by atoms with Crippen LogP contribution in [0.25, 0.3) is 11.0 Å². The number of hydrogen-bond donors (Lipinski definition) is 3. The van der Waals surface area contributed by atoms with Gasteiger partial charge in [0.2, 0.25) is 0 Å². The summed E-state index contributed by atoms with van der Waals surface area (Å²) in [6.07, 6.45) is 5.57. The molecule has 2 aromatic carbocycles. The van der Waals surface area contributed by atoms with Gasteiger partial charge in [-0.05, 0) is 67.9 Å². The van der Waals surface area contributed by atoms with E-state index in [4.69, 9.17) is 0 Å². The lowest BCUT2D eigenvalue weighted by molar-refractivity contribution is 0.102. The Morgan fingerprint density at radius 2 is 1.88 bits per heavy atom. The van der Waals surface area contributed by atoms with Gasteiger partial charge in [-0.25, -0.2) is 9.97 Å².